The average molecular weight is 301 g/mol. The first kappa shape index (κ1) is 13.7. The van der Waals surface area contributed by atoms with E-state index in [0.29, 0.717) is 11.6 Å². The summed E-state index contributed by atoms with van der Waals surface area (Å²) in [6.45, 7) is 2.54. The molecule has 0 unspecified atom stereocenters. The van der Waals surface area contributed by atoms with Gasteiger partial charge >= 0.3 is 0 Å². The third-order valence-electron chi connectivity index (χ3n) is 2.51. The first-order valence-electron chi connectivity index (χ1n) is 5.52. The molecule has 0 aliphatic rings. The normalized spacial score (nSPS) is 11.5. The standard InChI is InChI=1S/C11H13ClN4O2S/c1-2-16-6-11(14-7-16)19(17,18)15-10-4-3-8(12)5-9(10)13/h3-7,15H,2,13H2,1H3. The van der Waals surface area contributed by atoms with E-state index in [2.05, 4.69) is 9.71 Å². The van der Waals surface area contributed by atoms with Gasteiger partial charge in [0.15, 0.2) is 5.03 Å². The van der Waals surface area contributed by atoms with Gasteiger partial charge in [-0.05, 0) is 25.1 Å². The van der Waals surface area contributed by atoms with Crippen LogP contribution in [-0.4, -0.2) is 18.0 Å². The maximum Gasteiger partial charge on any atom is 0.281 e. The largest absolute Gasteiger partial charge is 0.397 e. The fraction of sp³-hybridized carbons (Fsp3) is 0.182. The quantitative estimate of drug-likeness (QED) is 0.844. The molecule has 2 rings (SSSR count). The third-order valence-corrected chi connectivity index (χ3v) is 3.99. The van der Waals surface area contributed by atoms with Crippen LogP contribution in [0.25, 0.3) is 0 Å². The minimum atomic E-state index is -3.74. The van der Waals surface area contributed by atoms with Crippen molar-refractivity contribution in [3.05, 3.63) is 35.7 Å². The number of halogens is 1. The van der Waals surface area contributed by atoms with Gasteiger partial charge in [0, 0.05) is 17.8 Å². The Hall–Kier alpha value is -1.73. The van der Waals surface area contributed by atoms with E-state index in [1.807, 2.05) is 6.92 Å². The highest BCUT2D eigenvalue weighted by atomic mass is 35.5. The number of imidazole rings is 1. The lowest BCUT2D eigenvalue weighted by molar-refractivity contribution is 0.598. The third kappa shape index (κ3) is 2.99. The molecule has 6 nitrogen and oxygen atoms in total. The van der Waals surface area contributed by atoms with E-state index in [0.717, 1.165) is 0 Å². The number of sulfonamides is 1. The highest BCUT2D eigenvalue weighted by Crippen LogP contribution is 2.24. The van der Waals surface area contributed by atoms with Gasteiger partial charge in [-0.1, -0.05) is 11.6 Å². The number of anilines is 2. The molecule has 1 aromatic heterocycles. The van der Waals surface area contributed by atoms with Crippen molar-refractivity contribution in [3.63, 3.8) is 0 Å². The van der Waals surface area contributed by atoms with Crippen molar-refractivity contribution in [1.29, 1.82) is 0 Å². The van der Waals surface area contributed by atoms with Crippen LogP contribution < -0.4 is 10.5 Å². The zero-order valence-corrected chi connectivity index (χ0v) is 11.7. The number of aromatic nitrogens is 2. The summed E-state index contributed by atoms with van der Waals surface area (Å²) < 4.78 is 28.2. The van der Waals surface area contributed by atoms with Crippen molar-refractivity contribution < 1.29 is 8.42 Å². The van der Waals surface area contributed by atoms with Crippen molar-refractivity contribution in [2.45, 2.75) is 18.5 Å². The van der Waals surface area contributed by atoms with Crippen LogP contribution in [0.2, 0.25) is 5.02 Å². The lowest BCUT2D eigenvalue weighted by Gasteiger charge is -2.08. The molecule has 0 aliphatic heterocycles. The average Bonchev–Trinajstić information content (AvgIpc) is 2.82. The Bertz CT molecular complexity index is 696. The highest BCUT2D eigenvalue weighted by molar-refractivity contribution is 7.92. The summed E-state index contributed by atoms with van der Waals surface area (Å²) in [4.78, 5) is 3.85. The molecule has 19 heavy (non-hydrogen) atoms. The number of nitrogens with zero attached hydrogens (tertiary/aromatic N) is 2. The molecule has 102 valence electrons. The number of hydrogen-bond acceptors (Lipinski definition) is 4. The zero-order valence-electron chi connectivity index (χ0n) is 10.2. The molecule has 0 bridgehead atoms. The Kier molecular flexibility index (Phi) is 3.68. The fourth-order valence-electron chi connectivity index (χ4n) is 1.47. The van der Waals surface area contributed by atoms with Crippen LogP contribution in [0.3, 0.4) is 0 Å². The number of aryl methyl sites for hydroxylation is 1. The van der Waals surface area contributed by atoms with Crippen LogP contribution in [0.1, 0.15) is 6.92 Å². The zero-order chi connectivity index (χ0) is 14.0. The van der Waals surface area contributed by atoms with Crippen molar-refractivity contribution in [2.75, 3.05) is 10.5 Å². The maximum absolute atomic E-state index is 12.1. The minimum Gasteiger partial charge on any atom is -0.397 e. The molecule has 8 heteroatoms. The molecule has 0 saturated carbocycles. The molecular formula is C11H13ClN4O2S. The van der Waals surface area contributed by atoms with Crippen molar-refractivity contribution >= 4 is 33.0 Å². The molecule has 0 saturated heterocycles. The summed E-state index contributed by atoms with van der Waals surface area (Å²) in [5.74, 6) is 0. The lowest BCUT2D eigenvalue weighted by Crippen LogP contribution is -2.14. The summed E-state index contributed by atoms with van der Waals surface area (Å²) in [5, 5.41) is 0.388. The minimum absolute atomic E-state index is 0.0521. The number of nitrogen functional groups attached to an aromatic ring is 1. The molecule has 3 N–H and O–H groups in total. The summed E-state index contributed by atoms with van der Waals surface area (Å²) in [6.07, 6.45) is 2.91. The van der Waals surface area contributed by atoms with Gasteiger partial charge < -0.3 is 10.3 Å². The molecule has 1 heterocycles. The molecule has 1 aromatic carbocycles. The molecule has 2 aromatic rings. The Labute approximate surface area is 116 Å². The van der Waals surface area contributed by atoms with Crippen LogP contribution in [0.4, 0.5) is 11.4 Å². The van der Waals surface area contributed by atoms with E-state index in [-0.39, 0.29) is 16.4 Å². The van der Waals surface area contributed by atoms with Crippen LogP contribution in [0, 0.1) is 0 Å². The van der Waals surface area contributed by atoms with Crippen LogP contribution >= 0.6 is 11.6 Å². The van der Waals surface area contributed by atoms with Crippen molar-refractivity contribution in [2.24, 2.45) is 0 Å². The van der Waals surface area contributed by atoms with Crippen LogP contribution in [-0.2, 0) is 16.6 Å². The summed E-state index contributed by atoms with van der Waals surface area (Å²) in [6, 6.07) is 4.54. The van der Waals surface area contributed by atoms with E-state index in [9.17, 15) is 8.42 Å². The van der Waals surface area contributed by atoms with Gasteiger partial charge in [-0.2, -0.15) is 8.42 Å². The van der Waals surface area contributed by atoms with Crippen molar-refractivity contribution in [1.82, 2.24) is 9.55 Å². The Morgan fingerprint density at radius 3 is 2.79 bits per heavy atom. The molecule has 0 aliphatic carbocycles. The second kappa shape index (κ2) is 5.10. The summed E-state index contributed by atoms with van der Waals surface area (Å²) in [7, 11) is -3.74. The number of rotatable bonds is 4. The number of nitrogens with two attached hydrogens (primary N) is 1. The van der Waals surface area contributed by atoms with Gasteiger partial charge in [-0.25, -0.2) is 4.98 Å². The van der Waals surface area contributed by atoms with E-state index in [4.69, 9.17) is 17.3 Å². The van der Waals surface area contributed by atoms with Gasteiger partial charge in [0.1, 0.15) is 0 Å². The van der Waals surface area contributed by atoms with E-state index < -0.39 is 10.0 Å². The molecule has 0 radical (unpaired) electrons. The molecular weight excluding hydrogens is 288 g/mol. The molecule has 0 spiro atoms. The van der Waals surface area contributed by atoms with Gasteiger partial charge in [0.25, 0.3) is 10.0 Å². The maximum atomic E-state index is 12.1. The SMILES string of the molecule is CCn1cnc(S(=O)(=O)Nc2ccc(Cl)cc2N)c1. The van der Waals surface area contributed by atoms with Gasteiger partial charge in [0.05, 0.1) is 17.7 Å². The lowest BCUT2D eigenvalue weighted by atomic mass is 10.3. The number of hydrogen-bond donors (Lipinski definition) is 2. The molecule has 0 fully saturated rings. The topological polar surface area (TPSA) is 90.0 Å². The Morgan fingerprint density at radius 2 is 2.21 bits per heavy atom. The summed E-state index contributed by atoms with van der Waals surface area (Å²) >= 11 is 5.75. The monoisotopic (exact) mass is 300 g/mol. The van der Waals surface area contributed by atoms with E-state index in [1.165, 1.54) is 24.7 Å². The molecule has 0 atom stereocenters. The second-order valence-electron chi connectivity index (χ2n) is 3.88. The predicted octanol–water partition coefficient (Wildman–Crippen LogP) is 1.94. The van der Waals surface area contributed by atoms with Gasteiger partial charge in [-0.15, -0.1) is 0 Å². The highest BCUT2D eigenvalue weighted by Gasteiger charge is 2.18. The van der Waals surface area contributed by atoms with Gasteiger partial charge in [0.2, 0.25) is 0 Å². The second-order valence-corrected chi connectivity index (χ2v) is 5.95. The molecule has 0 amide bonds. The predicted molar refractivity (Wildman–Crippen MR) is 74.6 cm³/mol. The van der Waals surface area contributed by atoms with Crippen LogP contribution in [0.15, 0.2) is 35.7 Å². The first-order chi connectivity index (χ1) is 8.92. The van der Waals surface area contributed by atoms with Crippen LogP contribution in [0.5, 0.6) is 0 Å². The Balaban J connectivity index is 2.30. The first-order valence-corrected chi connectivity index (χ1v) is 7.38. The number of nitrogens with one attached hydrogen (secondary N) is 1. The smallest absolute Gasteiger partial charge is 0.281 e. The van der Waals surface area contributed by atoms with E-state index in [1.54, 1.807) is 10.6 Å². The van der Waals surface area contributed by atoms with Gasteiger partial charge in [-0.3, -0.25) is 4.72 Å². The van der Waals surface area contributed by atoms with Crippen molar-refractivity contribution in [3.8, 4) is 0 Å². The van der Waals surface area contributed by atoms with E-state index >= 15 is 0 Å². The fourth-order valence-corrected chi connectivity index (χ4v) is 2.70. The number of benzene rings is 1. The Morgan fingerprint density at radius 1 is 1.47 bits per heavy atom. The summed E-state index contributed by atoms with van der Waals surface area (Å²) in [5.41, 5.74) is 6.23.